The van der Waals surface area contributed by atoms with Crippen molar-refractivity contribution in [2.24, 2.45) is 0 Å². The molecule has 3 rings (SSSR count). The molecule has 0 fully saturated rings. The summed E-state index contributed by atoms with van der Waals surface area (Å²) in [5.74, 6) is -0.343. The maximum Gasteiger partial charge on any atom is 0.255 e. The van der Waals surface area contributed by atoms with E-state index in [-0.39, 0.29) is 12.5 Å². The highest BCUT2D eigenvalue weighted by atomic mass is 35.5. The minimum atomic E-state index is -3.49. The molecule has 0 aliphatic rings. The smallest absolute Gasteiger partial charge is 0.255 e. The van der Waals surface area contributed by atoms with Gasteiger partial charge in [-0.15, -0.1) is 0 Å². The Kier molecular flexibility index (Phi) is 6.94. The summed E-state index contributed by atoms with van der Waals surface area (Å²) in [7, 11) is -3.49. The highest BCUT2D eigenvalue weighted by Crippen LogP contribution is 2.26. The normalized spacial score (nSPS) is 11.3. The first kappa shape index (κ1) is 23.1. The molecule has 1 N–H and O–H groups in total. The maximum atomic E-state index is 12.5. The quantitative estimate of drug-likeness (QED) is 0.486. The van der Waals surface area contributed by atoms with E-state index in [2.05, 4.69) is 5.32 Å². The molecule has 0 spiro atoms. The molecule has 0 saturated heterocycles. The number of nitrogens with zero attached hydrogens (tertiary/aromatic N) is 1. The lowest BCUT2D eigenvalue weighted by Crippen LogP contribution is -2.29. The topological polar surface area (TPSA) is 66.5 Å². The van der Waals surface area contributed by atoms with E-state index in [4.69, 9.17) is 23.2 Å². The molecule has 0 aromatic heterocycles. The second-order valence-electron chi connectivity index (χ2n) is 7.31. The SMILES string of the molecule is Cc1ccc(N(Cc2ccc(C(=O)Nc3cc(Cl)ccc3Cl)cc2)S(C)(=O)=O)cc1C. The van der Waals surface area contributed by atoms with Gasteiger partial charge in [0.25, 0.3) is 5.91 Å². The van der Waals surface area contributed by atoms with Gasteiger partial charge in [-0.1, -0.05) is 41.4 Å². The third-order valence-corrected chi connectivity index (χ3v) is 6.60. The van der Waals surface area contributed by atoms with Crippen LogP contribution in [0.5, 0.6) is 0 Å². The molecular weight excluding hydrogens is 455 g/mol. The van der Waals surface area contributed by atoms with Crippen molar-refractivity contribution >= 4 is 50.5 Å². The van der Waals surface area contributed by atoms with Crippen molar-refractivity contribution in [2.75, 3.05) is 15.9 Å². The summed E-state index contributed by atoms with van der Waals surface area (Å²) in [4.78, 5) is 12.5. The van der Waals surface area contributed by atoms with Gasteiger partial charge in [-0.25, -0.2) is 8.42 Å². The van der Waals surface area contributed by atoms with Crippen LogP contribution >= 0.6 is 23.2 Å². The predicted molar refractivity (Wildman–Crippen MR) is 128 cm³/mol. The summed E-state index contributed by atoms with van der Waals surface area (Å²) in [5.41, 5.74) is 4.28. The summed E-state index contributed by atoms with van der Waals surface area (Å²) in [5, 5.41) is 3.57. The monoisotopic (exact) mass is 476 g/mol. The molecule has 5 nitrogen and oxygen atoms in total. The van der Waals surface area contributed by atoms with Crippen LogP contribution in [0.3, 0.4) is 0 Å². The number of aryl methyl sites for hydroxylation is 2. The molecule has 0 heterocycles. The molecule has 0 radical (unpaired) electrons. The molecule has 0 bridgehead atoms. The number of anilines is 2. The van der Waals surface area contributed by atoms with Gasteiger partial charge >= 0.3 is 0 Å². The lowest BCUT2D eigenvalue weighted by molar-refractivity contribution is 0.102. The van der Waals surface area contributed by atoms with E-state index in [9.17, 15) is 13.2 Å². The van der Waals surface area contributed by atoms with Crippen LogP contribution in [0.2, 0.25) is 10.0 Å². The third-order valence-electron chi connectivity index (χ3n) is 4.90. The summed E-state index contributed by atoms with van der Waals surface area (Å²) in [6.07, 6.45) is 1.18. The fourth-order valence-corrected chi connectivity index (χ4v) is 4.21. The molecular formula is C23H22Cl2N2O3S. The molecule has 0 aliphatic carbocycles. The van der Waals surface area contributed by atoms with Crippen molar-refractivity contribution in [3.63, 3.8) is 0 Å². The minimum absolute atomic E-state index is 0.156. The molecule has 8 heteroatoms. The second-order valence-corrected chi connectivity index (χ2v) is 10.1. The number of hydrogen-bond donors (Lipinski definition) is 1. The Morgan fingerprint density at radius 1 is 0.935 bits per heavy atom. The number of carbonyl (C=O) groups excluding carboxylic acids is 1. The first-order chi connectivity index (χ1) is 14.5. The van der Waals surface area contributed by atoms with Crippen molar-refractivity contribution in [3.05, 3.63) is 93.0 Å². The Morgan fingerprint density at radius 2 is 1.61 bits per heavy atom. The molecule has 0 aliphatic heterocycles. The lowest BCUT2D eigenvalue weighted by Gasteiger charge is -2.23. The predicted octanol–water partition coefficient (Wildman–Crippen LogP) is 5.83. The largest absolute Gasteiger partial charge is 0.321 e. The summed E-state index contributed by atoms with van der Waals surface area (Å²) in [6.45, 7) is 4.08. The molecule has 0 unspecified atom stereocenters. The van der Waals surface area contributed by atoms with Gasteiger partial charge in [-0.05, 0) is 73.0 Å². The Hall–Kier alpha value is -2.54. The van der Waals surface area contributed by atoms with E-state index in [1.807, 2.05) is 26.0 Å². The standard InChI is InChI=1S/C23H22Cl2N2O3S/c1-15-4-10-20(12-16(15)2)27(31(3,29)30)14-17-5-7-18(8-6-17)23(28)26-22-13-19(24)9-11-21(22)25/h4-13H,14H2,1-3H3,(H,26,28). The molecule has 0 saturated carbocycles. The Morgan fingerprint density at radius 3 is 2.23 bits per heavy atom. The van der Waals surface area contributed by atoms with Gasteiger partial charge in [-0.2, -0.15) is 0 Å². The van der Waals surface area contributed by atoms with Crippen molar-refractivity contribution in [3.8, 4) is 0 Å². The van der Waals surface area contributed by atoms with Crippen LogP contribution in [0.1, 0.15) is 27.0 Å². The number of benzene rings is 3. The summed E-state index contributed by atoms with van der Waals surface area (Å²) >= 11 is 12.1. The fourth-order valence-electron chi connectivity index (χ4n) is 3.00. The van der Waals surface area contributed by atoms with Crippen molar-refractivity contribution in [1.29, 1.82) is 0 Å². The van der Waals surface area contributed by atoms with Crippen LogP contribution in [0.4, 0.5) is 11.4 Å². The van der Waals surface area contributed by atoms with E-state index >= 15 is 0 Å². The number of nitrogens with one attached hydrogen (secondary N) is 1. The van der Waals surface area contributed by atoms with Gasteiger partial charge in [0.2, 0.25) is 10.0 Å². The summed E-state index contributed by atoms with van der Waals surface area (Å²) in [6, 6.07) is 17.1. The molecule has 31 heavy (non-hydrogen) atoms. The lowest BCUT2D eigenvalue weighted by atomic mass is 10.1. The number of hydrogen-bond acceptors (Lipinski definition) is 3. The number of carbonyl (C=O) groups is 1. The van der Waals surface area contributed by atoms with Crippen molar-refractivity contribution in [1.82, 2.24) is 0 Å². The zero-order valence-electron chi connectivity index (χ0n) is 17.3. The molecule has 1 amide bonds. The first-order valence-corrected chi connectivity index (χ1v) is 12.1. The highest BCUT2D eigenvalue weighted by Gasteiger charge is 2.19. The van der Waals surface area contributed by atoms with Crippen LogP contribution < -0.4 is 9.62 Å². The maximum absolute atomic E-state index is 12.5. The van der Waals surface area contributed by atoms with Gasteiger partial charge < -0.3 is 5.32 Å². The third kappa shape index (κ3) is 5.79. The molecule has 0 atom stereocenters. The average molecular weight is 477 g/mol. The Bertz CT molecular complexity index is 1230. The van der Waals surface area contributed by atoms with Gasteiger partial charge in [0, 0.05) is 10.6 Å². The van der Waals surface area contributed by atoms with E-state index in [1.54, 1.807) is 48.5 Å². The van der Waals surface area contributed by atoms with Gasteiger partial charge in [-0.3, -0.25) is 9.10 Å². The highest BCUT2D eigenvalue weighted by molar-refractivity contribution is 7.92. The van der Waals surface area contributed by atoms with E-state index in [0.717, 1.165) is 16.7 Å². The zero-order chi connectivity index (χ0) is 22.8. The molecule has 3 aromatic carbocycles. The van der Waals surface area contributed by atoms with Crippen LogP contribution in [0.25, 0.3) is 0 Å². The van der Waals surface area contributed by atoms with Crippen LogP contribution in [-0.4, -0.2) is 20.6 Å². The van der Waals surface area contributed by atoms with Crippen LogP contribution in [0.15, 0.2) is 60.7 Å². The number of sulfonamides is 1. The van der Waals surface area contributed by atoms with Crippen LogP contribution in [-0.2, 0) is 16.6 Å². The number of halogens is 2. The fraction of sp³-hybridized carbons (Fsp3) is 0.174. The Labute approximate surface area is 192 Å². The van der Waals surface area contributed by atoms with Gasteiger partial charge in [0.05, 0.1) is 29.2 Å². The van der Waals surface area contributed by atoms with E-state index < -0.39 is 10.0 Å². The average Bonchev–Trinajstić information content (AvgIpc) is 2.70. The molecule has 162 valence electrons. The van der Waals surface area contributed by atoms with Crippen LogP contribution in [0, 0.1) is 13.8 Å². The van der Waals surface area contributed by atoms with Crippen molar-refractivity contribution in [2.45, 2.75) is 20.4 Å². The number of rotatable bonds is 6. The van der Waals surface area contributed by atoms with Gasteiger partial charge in [0.1, 0.15) is 0 Å². The second kappa shape index (κ2) is 9.30. The van der Waals surface area contributed by atoms with E-state index in [0.29, 0.717) is 27.0 Å². The van der Waals surface area contributed by atoms with Gasteiger partial charge in [0.15, 0.2) is 0 Å². The Balaban J connectivity index is 1.80. The van der Waals surface area contributed by atoms with Crippen molar-refractivity contribution < 1.29 is 13.2 Å². The minimum Gasteiger partial charge on any atom is -0.321 e. The molecule has 3 aromatic rings. The first-order valence-electron chi connectivity index (χ1n) is 9.45. The zero-order valence-corrected chi connectivity index (χ0v) is 19.6. The van der Waals surface area contributed by atoms with E-state index in [1.165, 1.54) is 10.6 Å². The summed E-state index contributed by atoms with van der Waals surface area (Å²) < 4.78 is 26.2. The number of amides is 1.